The Morgan fingerprint density at radius 2 is 1.91 bits per heavy atom. The van der Waals surface area contributed by atoms with E-state index in [0.29, 0.717) is 11.7 Å². The fourth-order valence-corrected chi connectivity index (χ4v) is 3.26. The van der Waals surface area contributed by atoms with E-state index in [2.05, 4.69) is 26.0 Å². The monoisotopic (exact) mass is 311 g/mol. The van der Waals surface area contributed by atoms with Crippen LogP contribution in [-0.4, -0.2) is 32.2 Å². The van der Waals surface area contributed by atoms with Crippen molar-refractivity contribution >= 4 is 10.9 Å². The molecule has 0 bridgehead atoms. The van der Waals surface area contributed by atoms with Crippen LogP contribution in [0.2, 0.25) is 0 Å². The average molecular weight is 311 g/mol. The molecule has 0 atom stereocenters. The van der Waals surface area contributed by atoms with Gasteiger partial charge in [-0.25, -0.2) is 4.79 Å². The molecule has 7 nitrogen and oxygen atoms in total. The Morgan fingerprint density at radius 1 is 1.09 bits per heavy atom. The molecule has 1 fully saturated rings. The lowest BCUT2D eigenvalue weighted by atomic mass is 10.1. The van der Waals surface area contributed by atoms with Gasteiger partial charge in [0.05, 0.1) is 23.6 Å². The van der Waals surface area contributed by atoms with Gasteiger partial charge in [-0.05, 0) is 32.0 Å². The van der Waals surface area contributed by atoms with Gasteiger partial charge in [0.15, 0.2) is 0 Å². The normalized spacial score (nSPS) is 16.0. The first-order chi connectivity index (χ1) is 11.2. The topological polar surface area (TPSA) is 84.7 Å². The first-order valence-corrected chi connectivity index (χ1v) is 7.72. The summed E-state index contributed by atoms with van der Waals surface area (Å²) in [4.78, 5) is 29.9. The fraction of sp³-hybridized carbons (Fsp3) is 0.312. The highest BCUT2D eigenvalue weighted by molar-refractivity contribution is 5.87. The zero-order valence-corrected chi connectivity index (χ0v) is 12.5. The smallest absolute Gasteiger partial charge is 0.332 e. The second-order valence-corrected chi connectivity index (χ2v) is 5.78. The second-order valence-electron chi connectivity index (χ2n) is 5.78. The molecule has 118 valence electrons. The molecule has 1 saturated heterocycles. The van der Waals surface area contributed by atoms with E-state index in [1.165, 1.54) is 16.8 Å². The summed E-state index contributed by atoms with van der Waals surface area (Å²) in [6.07, 6.45) is 9.17. The van der Waals surface area contributed by atoms with E-state index in [1.807, 2.05) is 12.3 Å². The second kappa shape index (κ2) is 5.51. The lowest BCUT2D eigenvalue weighted by molar-refractivity contribution is 0.376. The number of H-pyrrole nitrogens is 1. The Morgan fingerprint density at radius 3 is 2.70 bits per heavy atom. The molecule has 0 spiro atoms. The van der Waals surface area contributed by atoms with Crippen molar-refractivity contribution in [2.24, 2.45) is 0 Å². The van der Waals surface area contributed by atoms with Crippen LogP contribution in [0.25, 0.3) is 16.6 Å². The van der Waals surface area contributed by atoms with Crippen molar-refractivity contribution in [3.63, 3.8) is 0 Å². The van der Waals surface area contributed by atoms with Gasteiger partial charge in [-0.2, -0.15) is 0 Å². The van der Waals surface area contributed by atoms with E-state index < -0.39 is 11.2 Å². The van der Waals surface area contributed by atoms with Gasteiger partial charge in [0.25, 0.3) is 5.56 Å². The molecule has 1 aliphatic rings. The molecule has 7 heteroatoms. The lowest BCUT2D eigenvalue weighted by Gasteiger charge is -2.25. The quantitative estimate of drug-likeness (QED) is 0.733. The van der Waals surface area contributed by atoms with E-state index in [4.69, 9.17) is 0 Å². The number of fused-ring (bicyclic) bond motifs is 1. The highest BCUT2D eigenvalue weighted by atomic mass is 16.2. The number of aromatic nitrogens is 4. The highest BCUT2D eigenvalue weighted by Crippen LogP contribution is 2.27. The summed E-state index contributed by atoms with van der Waals surface area (Å²) < 4.78 is 3.66. The molecule has 3 aromatic heterocycles. The predicted octanol–water partition coefficient (Wildman–Crippen LogP) is 0.800. The van der Waals surface area contributed by atoms with Crippen LogP contribution in [-0.2, 0) is 0 Å². The fourth-order valence-electron chi connectivity index (χ4n) is 3.26. The molecule has 3 aromatic rings. The maximum absolute atomic E-state index is 12.1. The average Bonchev–Trinajstić information content (AvgIpc) is 3.00. The Balaban J connectivity index is 1.87. The van der Waals surface area contributed by atoms with Crippen LogP contribution in [0.4, 0.5) is 0 Å². The maximum atomic E-state index is 12.1. The SMILES string of the molecule is O=c1ccn(-c2cncc3c2ccn3C2CCNCC2)c(=O)[nH]1. The molecule has 0 aliphatic carbocycles. The van der Waals surface area contributed by atoms with Crippen LogP contribution in [0, 0.1) is 0 Å². The Hall–Kier alpha value is -2.67. The summed E-state index contributed by atoms with van der Waals surface area (Å²) in [5.41, 5.74) is 0.823. The minimum atomic E-state index is -0.457. The highest BCUT2D eigenvalue weighted by Gasteiger charge is 2.18. The van der Waals surface area contributed by atoms with Gasteiger partial charge in [-0.1, -0.05) is 0 Å². The number of hydrogen-bond donors (Lipinski definition) is 2. The zero-order chi connectivity index (χ0) is 15.8. The molecule has 0 aromatic carbocycles. The molecular weight excluding hydrogens is 294 g/mol. The van der Waals surface area contributed by atoms with Crippen molar-refractivity contribution < 1.29 is 0 Å². The molecule has 0 unspecified atom stereocenters. The molecule has 0 saturated carbocycles. The predicted molar refractivity (Wildman–Crippen MR) is 87.1 cm³/mol. The van der Waals surface area contributed by atoms with Gasteiger partial charge in [0.1, 0.15) is 0 Å². The van der Waals surface area contributed by atoms with E-state index in [9.17, 15) is 9.59 Å². The van der Waals surface area contributed by atoms with Crippen LogP contribution in [0.5, 0.6) is 0 Å². The number of pyridine rings is 1. The van der Waals surface area contributed by atoms with Gasteiger partial charge in [-0.3, -0.25) is 19.3 Å². The van der Waals surface area contributed by atoms with Gasteiger partial charge >= 0.3 is 5.69 Å². The zero-order valence-electron chi connectivity index (χ0n) is 12.5. The number of hydrogen-bond acceptors (Lipinski definition) is 4. The Labute approximate surface area is 131 Å². The molecule has 4 rings (SSSR count). The van der Waals surface area contributed by atoms with E-state index in [1.54, 1.807) is 6.20 Å². The van der Waals surface area contributed by atoms with Crippen LogP contribution < -0.4 is 16.6 Å². The van der Waals surface area contributed by atoms with Crippen LogP contribution in [0.15, 0.2) is 46.5 Å². The third-order valence-electron chi connectivity index (χ3n) is 4.41. The largest absolute Gasteiger partial charge is 0.343 e. The van der Waals surface area contributed by atoms with Crippen molar-refractivity contribution in [2.75, 3.05) is 13.1 Å². The van der Waals surface area contributed by atoms with E-state index in [0.717, 1.165) is 36.8 Å². The van der Waals surface area contributed by atoms with Crippen molar-refractivity contribution in [1.82, 2.24) is 24.4 Å². The molecule has 1 aliphatic heterocycles. The lowest BCUT2D eigenvalue weighted by Crippen LogP contribution is -2.29. The number of piperidine rings is 1. The summed E-state index contributed by atoms with van der Waals surface area (Å²) in [5, 5.41) is 4.32. The summed E-state index contributed by atoms with van der Waals surface area (Å²) in [6, 6.07) is 3.79. The molecular formula is C16H17N5O2. The van der Waals surface area contributed by atoms with Gasteiger partial charge in [0.2, 0.25) is 0 Å². The van der Waals surface area contributed by atoms with E-state index in [-0.39, 0.29) is 0 Å². The first kappa shape index (κ1) is 14.0. The summed E-state index contributed by atoms with van der Waals surface area (Å²) in [7, 11) is 0. The van der Waals surface area contributed by atoms with Crippen molar-refractivity contribution in [3.8, 4) is 5.69 Å². The Bertz CT molecular complexity index is 962. The molecule has 23 heavy (non-hydrogen) atoms. The van der Waals surface area contributed by atoms with Gasteiger partial charge < -0.3 is 9.88 Å². The van der Waals surface area contributed by atoms with Crippen LogP contribution >= 0.6 is 0 Å². The van der Waals surface area contributed by atoms with Crippen molar-refractivity contribution in [2.45, 2.75) is 18.9 Å². The standard InChI is InChI=1S/C16H17N5O2/c22-15-4-8-21(16(23)19-15)14-10-18-9-13-12(14)3-7-20(13)11-1-5-17-6-2-11/h3-4,7-11,17H,1-2,5-6H2,(H,19,22,23). The summed E-state index contributed by atoms with van der Waals surface area (Å²) in [5.74, 6) is 0. The van der Waals surface area contributed by atoms with Gasteiger partial charge in [-0.15, -0.1) is 0 Å². The number of aromatic amines is 1. The summed E-state index contributed by atoms with van der Waals surface area (Å²) >= 11 is 0. The number of rotatable bonds is 2. The number of nitrogens with zero attached hydrogens (tertiary/aromatic N) is 3. The minimum absolute atomic E-state index is 0.404. The number of nitrogens with one attached hydrogen (secondary N) is 2. The molecule has 0 amide bonds. The van der Waals surface area contributed by atoms with E-state index >= 15 is 0 Å². The Kier molecular flexibility index (Phi) is 3.34. The first-order valence-electron chi connectivity index (χ1n) is 7.72. The van der Waals surface area contributed by atoms with Gasteiger partial charge in [0, 0.05) is 29.9 Å². The third-order valence-corrected chi connectivity index (χ3v) is 4.41. The van der Waals surface area contributed by atoms with Crippen LogP contribution in [0.1, 0.15) is 18.9 Å². The molecule has 4 heterocycles. The molecule has 2 N–H and O–H groups in total. The van der Waals surface area contributed by atoms with Crippen molar-refractivity contribution in [3.05, 3.63) is 57.8 Å². The molecule has 0 radical (unpaired) electrons. The maximum Gasteiger partial charge on any atom is 0.332 e. The van der Waals surface area contributed by atoms with Crippen LogP contribution in [0.3, 0.4) is 0 Å². The van der Waals surface area contributed by atoms with Crippen molar-refractivity contribution in [1.29, 1.82) is 0 Å². The summed E-state index contributed by atoms with van der Waals surface area (Å²) in [6.45, 7) is 2.02. The minimum Gasteiger partial charge on any atom is -0.343 e. The third kappa shape index (κ3) is 2.39.